The molecule has 0 radical (unpaired) electrons. The van der Waals surface area contributed by atoms with Gasteiger partial charge in [-0.05, 0) is 93.0 Å². The molecule has 0 amide bonds. The predicted octanol–water partition coefficient (Wildman–Crippen LogP) is 14.5. The van der Waals surface area contributed by atoms with Gasteiger partial charge < -0.3 is 0 Å². The first-order chi connectivity index (χ1) is 27.2. The van der Waals surface area contributed by atoms with Crippen molar-refractivity contribution < 1.29 is 0 Å². The third-order valence-electron chi connectivity index (χ3n) is 10.3. The topological polar surface area (TPSA) is 25.8 Å². The van der Waals surface area contributed by atoms with Crippen LogP contribution in [0.2, 0.25) is 0 Å². The molecule has 258 valence electrons. The quantitative estimate of drug-likeness (QED) is 0.164. The average molecular weight is 719 g/mol. The summed E-state index contributed by atoms with van der Waals surface area (Å²) in [5.74, 6) is 0.694. The standard InChI is InChI=1S/C52H34N2S/c1-4-13-35(14-5-1)37-23-25-38(26-24-37)43-30-44(41-27-28-51-47(33-41)46-21-10-11-22-50(46)55-51)32-45(31-43)49-34-48(39-17-8-3-9-18-39)53-52(54-49)42-20-12-19-40(29-42)36-15-6-2-7-16-36/h1-34H. The summed E-state index contributed by atoms with van der Waals surface area (Å²) in [5.41, 5.74) is 14.1. The summed E-state index contributed by atoms with van der Waals surface area (Å²) in [4.78, 5) is 10.5. The molecule has 0 spiro atoms. The van der Waals surface area contributed by atoms with Crippen LogP contribution in [0.3, 0.4) is 0 Å². The van der Waals surface area contributed by atoms with E-state index in [2.05, 4.69) is 194 Å². The Morgan fingerprint density at radius 3 is 1.40 bits per heavy atom. The summed E-state index contributed by atoms with van der Waals surface area (Å²) in [6, 6.07) is 73.5. The number of nitrogens with zero attached hydrogens (tertiary/aromatic N) is 2. The van der Waals surface area contributed by atoms with Crippen LogP contribution in [0.25, 0.3) is 98.6 Å². The van der Waals surface area contributed by atoms with Crippen molar-refractivity contribution in [2.45, 2.75) is 0 Å². The van der Waals surface area contributed by atoms with E-state index < -0.39 is 0 Å². The number of hydrogen-bond acceptors (Lipinski definition) is 3. The molecule has 0 fully saturated rings. The van der Waals surface area contributed by atoms with E-state index in [9.17, 15) is 0 Å². The van der Waals surface area contributed by atoms with Crippen LogP contribution in [-0.2, 0) is 0 Å². The highest BCUT2D eigenvalue weighted by atomic mass is 32.1. The van der Waals surface area contributed by atoms with Gasteiger partial charge in [0.25, 0.3) is 0 Å². The van der Waals surface area contributed by atoms with Crippen LogP contribution in [-0.4, -0.2) is 9.97 Å². The molecule has 0 N–H and O–H groups in total. The third kappa shape index (κ3) is 6.52. The first kappa shape index (κ1) is 32.7. The molecule has 55 heavy (non-hydrogen) atoms. The molecule has 0 aliphatic rings. The van der Waals surface area contributed by atoms with Gasteiger partial charge in [0, 0.05) is 36.9 Å². The van der Waals surface area contributed by atoms with E-state index in [0.717, 1.165) is 55.9 Å². The highest BCUT2D eigenvalue weighted by Crippen LogP contribution is 2.39. The maximum Gasteiger partial charge on any atom is 0.160 e. The van der Waals surface area contributed by atoms with E-state index in [-0.39, 0.29) is 0 Å². The zero-order chi connectivity index (χ0) is 36.6. The highest BCUT2D eigenvalue weighted by molar-refractivity contribution is 7.25. The zero-order valence-corrected chi connectivity index (χ0v) is 30.7. The van der Waals surface area contributed by atoms with Crippen LogP contribution < -0.4 is 0 Å². The van der Waals surface area contributed by atoms with Crippen LogP contribution in [0.5, 0.6) is 0 Å². The van der Waals surface area contributed by atoms with E-state index in [4.69, 9.17) is 9.97 Å². The molecular formula is C52H34N2S. The lowest BCUT2D eigenvalue weighted by molar-refractivity contribution is 1.18. The monoisotopic (exact) mass is 718 g/mol. The van der Waals surface area contributed by atoms with E-state index in [1.165, 1.54) is 36.9 Å². The van der Waals surface area contributed by atoms with Gasteiger partial charge >= 0.3 is 0 Å². The van der Waals surface area contributed by atoms with Crippen molar-refractivity contribution in [3.8, 4) is 78.4 Å². The van der Waals surface area contributed by atoms with Crippen molar-refractivity contribution >= 4 is 31.5 Å². The molecule has 2 nitrogen and oxygen atoms in total. The van der Waals surface area contributed by atoms with Crippen molar-refractivity contribution in [1.82, 2.24) is 9.97 Å². The molecule has 3 heteroatoms. The van der Waals surface area contributed by atoms with Gasteiger partial charge in [-0.25, -0.2) is 9.97 Å². The minimum absolute atomic E-state index is 0.694. The predicted molar refractivity (Wildman–Crippen MR) is 233 cm³/mol. The van der Waals surface area contributed by atoms with E-state index in [0.29, 0.717) is 5.82 Å². The molecule has 10 rings (SSSR count). The Morgan fingerprint density at radius 2 is 0.691 bits per heavy atom. The molecule has 0 saturated heterocycles. The largest absolute Gasteiger partial charge is 0.228 e. The fraction of sp³-hybridized carbons (Fsp3) is 0. The summed E-state index contributed by atoms with van der Waals surface area (Å²) in [6.07, 6.45) is 0. The fourth-order valence-electron chi connectivity index (χ4n) is 7.45. The lowest BCUT2D eigenvalue weighted by atomic mass is 9.93. The van der Waals surface area contributed by atoms with Crippen LogP contribution in [0.15, 0.2) is 206 Å². The molecule has 0 unspecified atom stereocenters. The van der Waals surface area contributed by atoms with E-state index >= 15 is 0 Å². The second-order valence-electron chi connectivity index (χ2n) is 13.8. The highest BCUT2D eigenvalue weighted by Gasteiger charge is 2.15. The molecule has 0 saturated carbocycles. The normalized spacial score (nSPS) is 11.3. The van der Waals surface area contributed by atoms with Gasteiger partial charge in [-0.2, -0.15) is 0 Å². The fourth-order valence-corrected chi connectivity index (χ4v) is 8.54. The van der Waals surface area contributed by atoms with Gasteiger partial charge in [-0.3, -0.25) is 0 Å². The Balaban J connectivity index is 1.16. The Bertz CT molecular complexity index is 2950. The van der Waals surface area contributed by atoms with Crippen molar-refractivity contribution in [2.75, 3.05) is 0 Å². The molecule has 2 heterocycles. The summed E-state index contributed by atoms with van der Waals surface area (Å²) in [7, 11) is 0. The Labute approximate surface area is 324 Å². The van der Waals surface area contributed by atoms with Gasteiger partial charge in [0.05, 0.1) is 11.4 Å². The smallest absolute Gasteiger partial charge is 0.160 e. The molecule has 0 bridgehead atoms. The minimum Gasteiger partial charge on any atom is -0.228 e. The van der Waals surface area contributed by atoms with E-state index in [1.807, 2.05) is 23.5 Å². The van der Waals surface area contributed by atoms with Gasteiger partial charge in [0.1, 0.15) is 0 Å². The SMILES string of the molecule is c1ccc(-c2ccc(-c3cc(-c4ccc5sc6ccccc6c5c4)cc(-c4cc(-c5ccccc5)nc(-c5cccc(-c6ccccc6)c5)n4)c3)cc2)cc1. The van der Waals surface area contributed by atoms with Crippen molar-refractivity contribution in [3.05, 3.63) is 206 Å². The van der Waals surface area contributed by atoms with Gasteiger partial charge in [-0.1, -0.05) is 158 Å². The number of fused-ring (bicyclic) bond motifs is 3. The number of rotatable bonds is 7. The Hall–Kier alpha value is -6.94. The third-order valence-corrected chi connectivity index (χ3v) is 11.4. The molecule has 10 aromatic rings. The second-order valence-corrected chi connectivity index (χ2v) is 14.9. The van der Waals surface area contributed by atoms with Gasteiger partial charge in [0.2, 0.25) is 0 Å². The summed E-state index contributed by atoms with van der Waals surface area (Å²) >= 11 is 1.85. The first-order valence-electron chi connectivity index (χ1n) is 18.6. The van der Waals surface area contributed by atoms with Crippen LogP contribution >= 0.6 is 11.3 Å². The lowest BCUT2D eigenvalue weighted by Crippen LogP contribution is -1.97. The summed E-state index contributed by atoms with van der Waals surface area (Å²) in [5, 5.41) is 2.58. The molecule has 0 aliphatic heterocycles. The second kappa shape index (κ2) is 14.1. The Morgan fingerprint density at radius 1 is 0.255 bits per heavy atom. The van der Waals surface area contributed by atoms with E-state index in [1.54, 1.807) is 0 Å². The van der Waals surface area contributed by atoms with Crippen LogP contribution in [0, 0.1) is 0 Å². The maximum atomic E-state index is 5.33. The molecule has 0 aliphatic carbocycles. The molecule has 8 aromatic carbocycles. The molecular weight excluding hydrogens is 685 g/mol. The van der Waals surface area contributed by atoms with Gasteiger partial charge in [0.15, 0.2) is 5.82 Å². The summed E-state index contributed by atoms with van der Waals surface area (Å²) < 4.78 is 2.60. The maximum absolute atomic E-state index is 5.33. The minimum atomic E-state index is 0.694. The average Bonchev–Trinajstić information content (AvgIpc) is 3.65. The van der Waals surface area contributed by atoms with Gasteiger partial charge in [-0.15, -0.1) is 11.3 Å². The molecule has 0 atom stereocenters. The number of aromatic nitrogens is 2. The van der Waals surface area contributed by atoms with Crippen LogP contribution in [0.4, 0.5) is 0 Å². The van der Waals surface area contributed by atoms with Crippen molar-refractivity contribution in [1.29, 1.82) is 0 Å². The Kier molecular flexibility index (Phi) is 8.40. The summed E-state index contributed by atoms with van der Waals surface area (Å²) in [6.45, 7) is 0. The number of benzene rings is 8. The first-order valence-corrected chi connectivity index (χ1v) is 19.4. The van der Waals surface area contributed by atoms with Crippen LogP contribution in [0.1, 0.15) is 0 Å². The lowest BCUT2D eigenvalue weighted by Gasteiger charge is -2.14. The number of hydrogen-bond donors (Lipinski definition) is 0. The molecule has 2 aromatic heterocycles. The van der Waals surface area contributed by atoms with Crippen molar-refractivity contribution in [2.24, 2.45) is 0 Å². The zero-order valence-electron chi connectivity index (χ0n) is 29.9. The van der Waals surface area contributed by atoms with Crippen molar-refractivity contribution in [3.63, 3.8) is 0 Å². The number of thiophene rings is 1.